The van der Waals surface area contributed by atoms with Crippen LogP contribution in [0, 0.1) is 11.8 Å². The van der Waals surface area contributed by atoms with Crippen molar-refractivity contribution in [1.29, 1.82) is 0 Å². The van der Waals surface area contributed by atoms with Gasteiger partial charge in [-0.25, -0.2) is 0 Å². The van der Waals surface area contributed by atoms with Gasteiger partial charge >= 0.3 is 0 Å². The van der Waals surface area contributed by atoms with Crippen molar-refractivity contribution >= 4 is 11.8 Å². The second-order valence-corrected chi connectivity index (χ2v) is 7.57. The van der Waals surface area contributed by atoms with Crippen molar-refractivity contribution in [2.45, 2.75) is 49.2 Å². The van der Waals surface area contributed by atoms with Crippen LogP contribution in [0.25, 0.3) is 0 Å². The smallest absolute Gasteiger partial charge is 0.0591 e. The molecule has 2 aliphatic rings. The molecular formula is C17H24OS. The van der Waals surface area contributed by atoms with Crippen LogP contribution in [0.5, 0.6) is 0 Å². The lowest BCUT2D eigenvalue weighted by atomic mass is 9.83. The van der Waals surface area contributed by atoms with Gasteiger partial charge in [-0.1, -0.05) is 38.0 Å². The van der Waals surface area contributed by atoms with E-state index in [1.165, 1.54) is 42.6 Å². The number of hydrogen-bond acceptors (Lipinski definition) is 2. The van der Waals surface area contributed by atoms with Crippen LogP contribution in [0.15, 0.2) is 29.2 Å². The normalized spacial score (nSPS) is 30.3. The maximum absolute atomic E-state index is 6.02. The molecule has 1 aromatic carbocycles. The molecule has 1 heterocycles. The van der Waals surface area contributed by atoms with Crippen LogP contribution in [0.1, 0.15) is 38.2 Å². The monoisotopic (exact) mass is 276 g/mol. The third kappa shape index (κ3) is 3.55. The molecule has 3 unspecified atom stereocenters. The molecular weight excluding hydrogens is 252 g/mol. The summed E-state index contributed by atoms with van der Waals surface area (Å²) in [5.41, 5.74) is 1.51. The van der Waals surface area contributed by atoms with Gasteiger partial charge in [0.05, 0.1) is 6.61 Å². The molecule has 0 N–H and O–H groups in total. The summed E-state index contributed by atoms with van der Waals surface area (Å²) in [6.07, 6.45) is 6.76. The number of fused-ring (bicyclic) bond motifs is 1. The quantitative estimate of drug-likeness (QED) is 0.798. The molecule has 3 atom stereocenters. The van der Waals surface area contributed by atoms with E-state index in [4.69, 9.17) is 4.74 Å². The molecule has 1 saturated carbocycles. The Labute approximate surface area is 121 Å². The Bertz CT molecular complexity index is 392. The van der Waals surface area contributed by atoms with E-state index in [1.54, 1.807) is 0 Å². The van der Waals surface area contributed by atoms with Crippen LogP contribution in [0.4, 0.5) is 0 Å². The van der Waals surface area contributed by atoms with E-state index in [0.717, 1.165) is 25.0 Å². The van der Waals surface area contributed by atoms with Gasteiger partial charge in [0.15, 0.2) is 0 Å². The molecule has 1 fully saturated rings. The first-order valence-electron chi connectivity index (χ1n) is 7.63. The van der Waals surface area contributed by atoms with Gasteiger partial charge < -0.3 is 4.74 Å². The molecule has 3 rings (SSSR count). The highest BCUT2D eigenvalue weighted by Gasteiger charge is 2.23. The average Bonchev–Trinajstić information content (AvgIpc) is 2.81. The number of ether oxygens (including phenoxy) is 1. The molecule has 1 aliphatic carbocycles. The Morgan fingerprint density at radius 3 is 2.95 bits per heavy atom. The van der Waals surface area contributed by atoms with Gasteiger partial charge in [-0.05, 0) is 42.7 Å². The highest BCUT2D eigenvalue weighted by molar-refractivity contribution is 8.00. The summed E-state index contributed by atoms with van der Waals surface area (Å²) in [7, 11) is 0. The summed E-state index contributed by atoms with van der Waals surface area (Å²) in [6, 6.07) is 8.78. The third-order valence-corrected chi connectivity index (χ3v) is 5.70. The van der Waals surface area contributed by atoms with E-state index in [-0.39, 0.29) is 0 Å². The minimum Gasteiger partial charge on any atom is -0.380 e. The SMILES string of the molecule is CC1CCCC(COCC2Cc3ccccc3S2)C1. The van der Waals surface area contributed by atoms with Crippen LogP contribution in [0.2, 0.25) is 0 Å². The maximum atomic E-state index is 6.02. The summed E-state index contributed by atoms with van der Waals surface area (Å²) in [5, 5.41) is 0.637. The fourth-order valence-corrected chi connectivity index (χ4v) is 4.67. The van der Waals surface area contributed by atoms with Gasteiger partial charge in [-0.2, -0.15) is 0 Å². The minimum atomic E-state index is 0.637. The van der Waals surface area contributed by atoms with Crippen molar-refractivity contribution in [2.75, 3.05) is 13.2 Å². The summed E-state index contributed by atoms with van der Waals surface area (Å²) in [6.45, 7) is 4.29. The Morgan fingerprint density at radius 2 is 2.11 bits per heavy atom. The van der Waals surface area contributed by atoms with Crippen LogP contribution < -0.4 is 0 Å². The Balaban J connectivity index is 1.40. The van der Waals surface area contributed by atoms with Gasteiger partial charge in [0.2, 0.25) is 0 Å². The highest BCUT2D eigenvalue weighted by atomic mass is 32.2. The van der Waals surface area contributed by atoms with E-state index < -0.39 is 0 Å². The van der Waals surface area contributed by atoms with Gasteiger partial charge in [-0.3, -0.25) is 0 Å². The van der Waals surface area contributed by atoms with Crippen molar-refractivity contribution < 1.29 is 4.74 Å². The summed E-state index contributed by atoms with van der Waals surface area (Å²) < 4.78 is 6.02. The first-order chi connectivity index (χ1) is 9.31. The van der Waals surface area contributed by atoms with Crippen LogP contribution in [0.3, 0.4) is 0 Å². The lowest BCUT2D eigenvalue weighted by Gasteiger charge is -2.26. The largest absolute Gasteiger partial charge is 0.380 e. The number of rotatable bonds is 4. The van der Waals surface area contributed by atoms with Crippen molar-refractivity contribution in [1.82, 2.24) is 0 Å². The van der Waals surface area contributed by atoms with Crippen molar-refractivity contribution in [3.8, 4) is 0 Å². The molecule has 0 spiro atoms. The molecule has 1 nitrogen and oxygen atoms in total. The molecule has 19 heavy (non-hydrogen) atoms. The maximum Gasteiger partial charge on any atom is 0.0591 e. The summed E-state index contributed by atoms with van der Waals surface area (Å²) in [4.78, 5) is 1.46. The Hall–Kier alpha value is -0.470. The predicted molar refractivity (Wildman–Crippen MR) is 81.7 cm³/mol. The second-order valence-electron chi connectivity index (χ2n) is 6.23. The number of thioether (sulfide) groups is 1. The molecule has 0 aromatic heterocycles. The van der Waals surface area contributed by atoms with E-state index >= 15 is 0 Å². The molecule has 0 saturated heterocycles. The van der Waals surface area contributed by atoms with E-state index in [9.17, 15) is 0 Å². The number of hydrogen-bond donors (Lipinski definition) is 0. The summed E-state index contributed by atoms with van der Waals surface area (Å²) >= 11 is 2.00. The minimum absolute atomic E-state index is 0.637. The van der Waals surface area contributed by atoms with Gasteiger partial charge in [-0.15, -0.1) is 11.8 Å². The zero-order valence-corrected chi connectivity index (χ0v) is 12.6. The van der Waals surface area contributed by atoms with Crippen molar-refractivity contribution in [2.24, 2.45) is 11.8 Å². The Morgan fingerprint density at radius 1 is 1.21 bits per heavy atom. The Kier molecular flexibility index (Phi) is 4.49. The topological polar surface area (TPSA) is 9.23 Å². The van der Waals surface area contributed by atoms with Crippen molar-refractivity contribution in [3.05, 3.63) is 29.8 Å². The molecule has 1 aromatic rings. The van der Waals surface area contributed by atoms with Crippen LogP contribution in [-0.4, -0.2) is 18.5 Å². The zero-order valence-electron chi connectivity index (χ0n) is 11.8. The lowest BCUT2D eigenvalue weighted by molar-refractivity contribution is 0.0776. The fourth-order valence-electron chi connectivity index (χ4n) is 3.42. The van der Waals surface area contributed by atoms with Crippen molar-refractivity contribution in [3.63, 3.8) is 0 Å². The molecule has 104 valence electrons. The van der Waals surface area contributed by atoms with Gasteiger partial charge in [0.25, 0.3) is 0 Å². The third-order valence-electron chi connectivity index (χ3n) is 4.42. The molecule has 2 heteroatoms. The van der Waals surface area contributed by atoms with E-state index in [1.807, 2.05) is 11.8 Å². The molecule has 0 bridgehead atoms. The fraction of sp³-hybridized carbons (Fsp3) is 0.647. The molecule has 0 amide bonds. The first kappa shape index (κ1) is 13.5. The predicted octanol–water partition coefficient (Wildman–Crippen LogP) is 4.55. The number of benzene rings is 1. The van der Waals surface area contributed by atoms with Crippen LogP contribution >= 0.6 is 11.8 Å². The molecule has 1 aliphatic heterocycles. The van der Waals surface area contributed by atoms with E-state index in [2.05, 4.69) is 31.2 Å². The standard InChI is InChI=1S/C17H24OS/c1-13-5-4-6-14(9-13)11-18-12-16-10-15-7-2-3-8-17(15)19-16/h2-3,7-8,13-14,16H,4-6,9-12H2,1H3. The highest BCUT2D eigenvalue weighted by Crippen LogP contribution is 2.37. The molecule has 0 radical (unpaired) electrons. The lowest BCUT2D eigenvalue weighted by Crippen LogP contribution is -2.21. The first-order valence-corrected chi connectivity index (χ1v) is 8.51. The zero-order chi connectivity index (χ0) is 13.1. The second kappa shape index (κ2) is 6.32. The van der Waals surface area contributed by atoms with E-state index in [0.29, 0.717) is 5.25 Å². The van der Waals surface area contributed by atoms with Crippen LogP contribution in [-0.2, 0) is 11.2 Å². The van der Waals surface area contributed by atoms with Gasteiger partial charge in [0.1, 0.15) is 0 Å². The summed E-state index contributed by atoms with van der Waals surface area (Å²) in [5.74, 6) is 1.73. The van der Waals surface area contributed by atoms with Gasteiger partial charge in [0, 0.05) is 16.8 Å². The average molecular weight is 276 g/mol.